The summed E-state index contributed by atoms with van der Waals surface area (Å²) in [6.45, 7) is 12.1. The van der Waals surface area contributed by atoms with Gasteiger partial charge in [-0.1, -0.05) is 45.0 Å². The van der Waals surface area contributed by atoms with Gasteiger partial charge in [-0.2, -0.15) is 0 Å². The lowest BCUT2D eigenvalue weighted by atomic mass is 9.87. The fourth-order valence-corrected chi connectivity index (χ4v) is 2.45. The van der Waals surface area contributed by atoms with Crippen LogP contribution in [0.4, 0.5) is 5.69 Å². The van der Waals surface area contributed by atoms with E-state index in [2.05, 4.69) is 26.1 Å². The monoisotopic (exact) mass is 355 g/mol. The lowest BCUT2D eigenvalue weighted by Gasteiger charge is -2.20. The second-order valence-electron chi connectivity index (χ2n) is 7.69. The summed E-state index contributed by atoms with van der Waals surface area (Å²) in [5.41, 5.74) is 1.95. The maximum absolute atomic E-state index is 12.5. The van der Waals surface area contributed by atoms with Crippen LogP contribution < -0.4 is 14.8 Å². The van der Waals surface area contributed by atoms with E-state index in [0.29, 0.717) is 17.2 Å². The zero-order valence-corrected chi connectivity index (χ0v) is 16.5. The van der Waals surface area contributed by atoms with Crippen LogP contribution in [0.2, 0.25) is 0 Å². The SMILES string of the molecule is CC(C)Oc1ccccc1NC(=O)C(C)Oc1ccc(C(C)(C)C)cc1. The molecule has 4 heteroatoms. The molecule has 0 aliphatic heterocycles. The standard InChI is InChI=1S/C22H29NO3/c1-15(2)25-20-10-8-7-9-19(20)23-21(24)16(3)26-18-13-11-17(12-14-18)22(4,5)6/h7-16H,1-6H3,(H,23,24). The topological polar surface area (TPSA) is 47.6 Å². The molecule has 0 aliphatic carbocycles. The summed E-state index contributed by atoms with van der Waals surface area (Å²) in [4.78, 5) is 12.5. The molecule has 26 heavy (non-hydrogen) atoms. The van der Waals surface area contributed by atoms with Crippen molar-refractivity contribution in [3.8, 4) is 11.5 Å². The molecular formula is C22H29NO3. The summed E-state index contributed by atoms with van der Waals surface area (Å²) < 4.78 is 11.5. The highest BCUT2D eigenvalue weighted by Crippen LogP contribution is 2.26. The highest BCUT2D eigenvalue weighted by atomic mass is 16.5. The number of hydrogen-bond donors (Lipinski definition) is 1. The zero-order chi connectivity index (χ0) is 19.3. The van der Waals surface area contributed by atoms with Crippen molar-refractivity contribution in [3.05, 3.63) is 54.1 Å². The van der Waals surface area contributed by atoms with Gasteiger partial charge in [0, 0.05) is 0 Å². The van der Waals surface area contributed by atoms with Crippen LogP contribution in [-0.2, 0) is 10.2 Å². The fourth-order valence-electron chi connectivity index (χ4n) is 2.45. The van der Waals surface area contributed by atoms with Crippen LogP contribution in [0.3, 0.4) is 0 Å². The molecule has 4 nitrogen and oxygen atoms in total. The Morgan fingerprint density at radius 2 is 1.54 bits per heavy atom. The van der Waals surface area contributed by atoms with Gasteiger partial charge in [-0.3, -0.25) is 4.79 Å². The van der Waals surface area contributed by atoms with E-state index in [4.69, 9.17) is 9.47 Å². The maximum Gasteiger partial charge on any atom is 0.265 e. The quantitative estimate of drug-likeness (QED) is 0.777. The molecule has 1 atom stereocenters. The molecule has 2 aromatic rings. The number of carbonyl (C=O) groups excluding carboxylic acids is 1. The van der Waals surface area contributed by atoms with Crippen LogP contribution >= 0.6 is 0 Å². The largest absolute Gasteiger partial charge is 0.489 e. The molecular weight excluding hydrogens is 326 g/mol. The summed E-state index contributed by atoms with van der Waals surface area (Å²) >= 11 is 0. The van der Waals surface area contributed by atoms with Gasteiger partial charge in [0.15, 0.2) is 6.10 Å². The molecule has 0 spiro atoms. The summed E-state index contributed by atoms with van der Waals surface area (Å²) in [6, 6.07) is 15.3. The predicted octanol–water partition coefficient (Wildman–Crippen LogP) is 5.18. The zero-order valence-electron chi connectivity index (χ0n) is 16.5. The Morgan fingerprint density at radius 3 is 2.12 bits per heavy atom. The Labute approximate surface area is 156 Å². The van der Waals surface area contributed by atoms with Gasteiger partial charge in [0.1, 0.15) is 11.5 Å². The number of anilines is 1. The summed E-state index contributed by atoms with van der Waals surface area (Å²) in [6.07, 6.45) is -0.592. The van der Waals surface area contributed by atoms with Crippen molar-refractivity contribution in [1.29, 1.82) is 0 Å². The first-order chi connectivity index (χ1) is 12.2. The minimum atomic E-state index is -0.623. The van der Waals surface area contributed by atoms with E-state index in [-0.39, 0.29) is 17.4 Å². The second kappa shape index (κ2) is 8.26. The Bertz CT molecular complexity index is 730. The summed E-state index contributed by atoms with van der Waals surface area (Å²) in [5.74, 6) is 1.11. The first-order valence-corrected chi connectivity index (χ1v) is 9.00. The molecule has 0 heterocycles. The normalized spacial score (nSPS) is 12.6. The number of hydrogen-bond acceptors (Lipinski definition) is 3. The third-order valence-electron chi connectivity index (χ3n) is 3.91. The van der Waals surface area contributed by atoms with Crippen molar-refractivity contribution in [2.75, 3.05) is 5.32 Å². The van der Waals surface area contributed by atoms with Gasteiger partial charge in [-0.25, -0.2) is 0 Å². The molecule has 0 aromatic heterocycles. The van der Waals surface area contributed by atoms with Crippen LogP contribution in [0.5, 0.6) is 11.5 Å². The molecule has 2 rings (SSSR count). The van der Waals surface area contributed by atoms with Gasteiger partial charge in [-0.15, -0.1) is 0 Å². The highest BCUT2D eigenvalue weighted by molar-refractivity contribution is 5.95. The Kier molecular flexibility index (Phi) is 6.30. The number of benzene rings is 2. The van der Waals surface area contributed by atoms with Gasteiger partial charge in [0.05, 0.1) is 11.8 Å². The van der Waals surface area contributed by atoms with Crippen molar-refractivity contribution >= 4 is 11.6 Å². The minimum absolute atomic E-state index is 0.0306. The number of carbonyl (C=O) groups is 1. The maximum atomic E-state index is 12.5. The number of ether oxygens (including phenoxy) is 2. The molecule has 1 N–H and O–H groups in total. The summed E-state index contributed by atoms with van der Waals surface area (Å²) in [5, 5.41) is 2.88. The molecule has 1 amide bonds. The smallest absolute Gasteiger partial charge is 0.265 e. The van der Waals surface area contributed by atoms with Gasteiger partial charge >= 0.3 is 0 Å². The van der Waals surface area contributed by atoms with Crippen molar-refractivity contribution in [1.82, 2.24) is 0 Å². The van der Waals surface area contributed by atoms with E-state index in [9.17, 15) is 4.79 Å². The van der Waals surface area contributed by atoms with Crippen LogP contribution in [0.15, 0.2) is 48.5 Å². The Morgan fingerprint density at radius 1 is 0.923 bits per heavy atom. The molecule has 0 radical (unpaired) electrons. The van der Waals surface area contributed by atoms with E-state index < -0.39 is 6.10 Å². The van der Waals surface area contributed by atoms with E-state index >= 15 is 0 Å². The Hall–Kier alpha value is -2.49. The van der Waals surface area contributed by atoms with E-state index in [1.165, 1.54) is 5.56 Å². The Balaban J connectivity index is 2.02. The van der Waals surface area contributed by atoms with E-state index in [1.54, 1.807) is 6.92 Å². The van der Waals surface area contributed by atoms with Gasteiger partial charge in [-0.05, 0) is 56.0 Å². The predicted molar refractivity (Wildman–Crippen MR) is 106 cm³/mol. The molecule has 0 fully saturated rings. The van der Waals surface area contributed by atoms with Crippen LogP contribution in [0.25, 0.3) is 0 Å². The van der Waals surface area contributed by atoms with Gasteiger partial charge in [0.25, 0.3) is 5.91 Å². The first kappa shape index (κ1) is 19.8. The van der Waals surface area contributed by atoms with Crippen LogP contribution in [0.1, 0.15) is 47.1 Å². The third-order valence-corrected chi connectivity index (χ3v) is 3.91. The highest BCUT2D eigenvalue weighted by Gasteiger charge is 2.18. The molecule has 2 aromatic carbocycles. The molecule has 0 aliphatic rings. The molecule has 0 saturated heterocycles. The van der Waals surface area contributed by atoms with Crippen LogP contribution in [-0.4, -0.2) is 18.1 Å². The van der Waals surface area contributed by atoms with E-state index in [0.717, 1.165) is 0 Å². The lowest BCUT2D eigenvalue weighted by Crippen LogP contribution is -2.30. The number of rotatable bonds is 6. The first-order valence-electron chi connectivity index (χ1n) is 9.00. The average Bonchev–Trinajstić information content (AvgIpc) is 2.55. The number of nitrogens with one attached hydrogen (secondary N) is 1. The second-order valence-corrected chi connectivity index (χ2v) is 7.69. The fraction of sp³-hybridized carbons (Fsp3) is 0.409. The molecule has 1 unspecified atom stereocenters. The minimum Gasteiger partial charge on any atom is -0.489 e. The van der Waals surface area contributed by atoms with Gasteiger partial charge in [0.2, 0.25) is 0 Å². The number of para-hydroxylation sites is 2. The average molecular weight is 355 g/mol. The van der Waals surface area contributed by atoms with Crippen molar-refractivity contribution in [3.63, 3.8) is 0 Å². The van der Waals surface area contributed by atoms with Crippen molar-refractivity contribution in [2.45, 2.75) is 59.2 Å². The van der Waals surface area contributed by atoms with Crippen LogP contribution in [0, 0.1) is 0 Å². The van der Waals surface area contributed by atoms with Crippen molar-refractivity contribution in [2.24, 2.45) is 0 Å². The molecule has 0 bridgehead atoms. The molecule has 0 saturated carbocycles. The number of amides is 1. The lowest BCUT2D eigenvalue weighted by molar-refractivity contribution is -0.122. The molecule has 140 valence electrons. The van der Waals surface area contributed by atoms with Crippen molar-refractivity contribution < 1.29 is 14.3 Å². The third kappa shape index (κ3) is 5.51. The summed E-state index contributed by atoms with van der Waals surface area (Å²) in [7, 11) is 0. The van der Waals surface area contributed by atoms with Gasteiger partial charge < -0.3 is 14.8 Å². The van der Waals surface area contributed by atoms with E-state index in [1.807, 2.05) is 62.4 Å².